The molecule has 0 radical (unpaired) electrons. The van der Waals surface area contributed by atoms with Crippen LogP contribution in [0.25, 0.3) is 0 Å². The highest BCUT2D eigenvalue weighted by Crippen LogP contribution is 2.19. The van der Waals surface area contributed by atoms with E-state index in [4.69, 9.17) is 0 Å². The summed E-state index contributed by atoms with van der Waals surface area (Å²) in [4.78, 5) is 32.2. The second kappa shape index (κ2) is 10.6. The van der Waals surface area contributed by atoms with Crippen LogP contribution in [-0.2, 0) is 17.8 Å². The fourth-order valence-corrected chi connectivity index (χ4v) is 4.59. The number of carbonyl (C=O) groups is 2. The van der Waals surface area contributed by atoms with Gasteiger partial charge in [-0.2, -0.15) is 0 Å². The molecule has 1 aromatic heterocycles. The highest BCUT2D eigenvalue weighted by molar-refractivity contribution is 5.94. The van der Waals surface area contributed by atoms with Crippen LogP contribution in [-0.4, -0.2) is 65.9 Å². The van der Waals surface area contributed by atoms with Gasteiger partial charge in [-0.1, -0.05) is 31.2 Å². The van der Waals surface area contributed by atoms with Crippen molar-refractivity contribution in [3.63, 3.8) is 0 Å². The first-order valence-electron chi connectivity index (χ1n) is 11.6. The molecule has 1 fully saturated rings. The molecule has 2 aliphatic heterocycles. The lowest BCUT2D eigenvalue weighted by molar-refractivity contribution is -0.118. The van der Waals surface area contributed by atoms with Crippen molar-refractivity contribution in [2.75, 3.05) is 38.0 Å². The Labute approximate surface area is 190 Å². The number of pyridine rings is 1. The number of piperidine rings is 1. The summed E-state index contributed by atoms with van der Waals surface area (Å²) in [6.45, 7) is 7.36. The van der Waals surface area contributed by atoms with Crippen molar-refractivity contribution in [1.29, 1.82) is 0 Å². The fraction of sp³-hybridized carbons (Fsp3) is 0.480. The van der Waals surface area contributed by atoms with Crippen molar-refractivity contribution < 1.29 is 9.59 Å². The van der Waals surface area contributed by atoms with Gasteiger partial charge in [0.2, 0.25) is 6.41 Å². The Kier molecular flexibility index (Phi) is 7.37. The van der Waals surface area contributed by atoms with Crippen molar-refractivity contribution in [1.82, 2.24) is 20.1 Å². The maximum Gasteiger partial charge on any atom is 0.251 e. The monoisotopic (exact) mass is 435 g/mol. The quantitative estimate of drug-likeness (QED) is 0.623. The summed E-state index contributed by atoms with van der Waals surface area (Å²) in [5, 5.41) is 6.49. The number of nitrogens with one attached hydrogen (secondary N) is 2. The van der Waals surface area contributed by atoms with E-state index in [1.54, 1.807) is 17.2 Å². The first-order chi connectivity index (χ1) is 15.6. The second-order valence-electron chi connectivity index (χ2n) is 9.06. The standard InChI is InChI=1S/C25H33N5O2/c1-19(16-30-11-7-20-4-2-3-5-22(20)17-30)15-27-25(32)21-6-10-26-24(14-21)28-23-8-12-29(18-31)13-9-23/h2-6,10,14,18-19,23H,7-9,11-13,15-17H2,1H3,(H,26,28)(H,27,32). The molecule has 0 aliphatic carbocycles. The first-order valence-corrected chi connectivity index (χ1v) is 11.6. The van der Waals surface area contributed by atoms with Crippen molar-refractivity contribution in [2.45, 2.75) is 38.8 Å². The highest BCUT2D eigenvalue weighted by atomic mass is 16.1. The third-order valence-electron chi connectivity index (χ3n) is 6.44. The summed E-state index contributed by atoms with van der Waals surface area (Å²) in [5.74, 6) is 1.01. The predicted octanol–water partition coefficient (Wildman–Crippen LogP) is 2.54. The van der Waals surface area contributed by atoms with Gasteiger partial charge in [0, 0.05) is 57.1 Å². The van der Waals surface area contributed by atoms with Crippen LogP contribution in [0.2, 0.25) is 0 Å². The lowest BCUT2D eigenvalue weighted by Crippen LogP contribution is -2.38. The Balaban J connectivity index is 1.23. The number of carbonyl (C=O) groups excluding carboxylic acids is 2. The minimum absolute atomic E-state index is 0.0675. The van der Waals surface area contributed by atoms with E-state index >= 15 is 0 Å². The molecule has 7 heteroatoms. The zero-order chi connectivity index (χ0) is 22.3. The number of nitrogens with zero attached hydrogens (tertiary/aromatic N) is 3. The maximum absolute atomic E-state index is 12.7. The molecule has 1 saturated heterocycles. The first kappa shape index (κ1) is 22.3. The van der Waals surface area contributed by atoms with Gasteiger partial charge in [-0.3, -0.25) is 14.5 Å². The minimum Gasteiger partial charge on any atom is -0.367 e. The molecule has 3 heterocycles. The van der Waals surface area contributed by atoms with Gasteiger partial charge in [0.25, 0.3) is 5.91 Å². The summed E-state index contributed by atoms with van der Waals surface area (Å²) < 4.78 is 0. The van der Waals surface area contributed by atoms with Crippen LogP contribution < -0.4 is 10.6 Å². The number of anilines is 1. The van der Waals surface area contributed by atoms with Gasteiger partial charge in [-0.25, -0.2) is 4.98 Å². The molecule has 0 bridgehead atoms. The fourth-order valence-electron chi connectivity index (χ4n) is 4.59. The Hall–Kier alpha value is -2.93. The topological polar surface area (TPSA) is 77.6 Å². The van der Waals surface area contributed by atoms with Gasteiger partial charge >= 0.3 is 0 Å². The van der Waals surface area contributed by atoms with E-state index in [0.29, 0.717) is 23.8 Å². The van der Waals surface area contributed by atoms with Crippen LogP contribution in [0.4, 0.5) is 5.82 Å². The number of aromatic nitrogens is 1. The molecule has 2 aromatic rings. The van der Waals surface area contributed by atoms with Crippen molar-refractivity contribution in [2.24, 2.45) is 5.92 Å². The molecule has 1 unspecified atom stereocenters. The van der Waals surface area contributed by atoms with Gasteiger partial charge < -0.3 is 15.5 Å². The van der Waals surface area contributed by atoms with E-state index in [0.717, 1.165) is 58.4 Å². The van der Waals surface area contributed by atoms with Crippen molar-refractivity contribution in [3.05, 3.63) is 59.3 Å². The normalized spacial score (nSPS) is 18.0. The van der Waals surface area contributed by atoms with Crippen LogP contribution in [0.3, 0.4) is 0 Å². The number of rotatable bonds is 8. The molecule has 0 saturated carbocycles. The summed E-state index contributed by atoms with van der Waals surface area (Å²) in [7, 11) is 0. The summed E-state index contributed by atoms with van der Waals surface area (Å²) in [6, 6.07) is 12.5. The SMILES string of the molecule is CC(CNC(=O)c1ccnc(NC2CCN(C=O)CC2)c1)CN1CCc2ccccc2C1. The number of benzene rings is 1. The van der Waals surface area contributed by atoms with Gasteiger partial charge in [0.05, 0.1) is 0 Å². The molecule has 32 heavy (non-hydrogen) atoms. The molecule has 4 rings (SSSR count). The molecule has 2 aliphatic rings. The molecular formula is C25H33N5O2. The zero-order valence-corrected chi connectivity index (χ0v) is 18.8. The number of amides is 2. The highest BCUT2D eigenvalue weighted by Gasteiger charge is 2.20. The van der Waals surface area contributed by atoms with E-state index in [2.05, 4.69) is 51.7 Å². The number of hydrogen-bond donors (Lipinski definition) is 2. The van der Waals surface area contributed by atoms with Crippen molar-refractivity contribution in [3.8, 4) is 0 Å². The van der Waals surface area contributed by atoms with Gasteiger partial charge in [0.1, 0.15) is 5.82 Å². The van der Waals surface area contributed by atoms with E-state index < -0.39 is 0 Å². The Morgan fingerprint density at radius 2 is 1.97 bits per heavy atom. The molecular weight excluding hydrogens is 402 g/mol. The van der Waals surface area contributed by atoms with Crippen LogP contribution >= 0.6 is 0 Å². The lowest BCUT2D eigenvalue weighted by atomic mass is 9.99. The largest absolute Gasteiger partial charge is 0.367 e. The molecule has 0 spiro atoms. The van der Waals surface area contributed by atoms with Crippen LogP contribution in [0, 0.1) is 5.92 Å². The molecule has 1 aromatic carbocycles. The third kappa shape index (κ3) is 5.85. The average Bonchev–Trinajstić information content (AvgIpc) is 2.83. The Morgan fingerprint density at radius 1 is 1.19 bits per heavy atom. The maximum atomic E-state index is 12.7. The third-order valence-corrected chi connectivity index (χ3v) is 6.44. The van der Waals surface area contributed by atoms with E-state index in [9.17, 15) is 9.59 Å². The molecule has 2 amide bonds. The number of likely N-dealkylation sites (tertiary alicyclic amines) is 1. The zero-order valence-electron chi connectivity index (χ0n) is 18.8. The molecule has 170 valence electrons. The average molecular weight is 436 g/mol. The lowest BCUT2D eigenvalue weighted by Gasteiger charge is -2.31. The van der Waals surface area contributed by atoms with Gasteiger partial charge in [-0.15, -0.1) is 0 Å². The number of hydrogen-bond acceptors (Lipinski definition) is 5. The van der Waals surface area contributed by atoms with Crippen molar-refractivity contribution >= 4 is 18.1 Å². The van der Waals surface area contributed by atoms with E-state index in [-0.39, 0.29) is 11.9 Å². The van der Waals surface area contributed by atoms with Gasteiger partial charge in [0.15, 0.2) is 0 Å². The molecule has 1 atom stereocenters. The van der Waals surface area contributed by atoms with E-state index in [1.807, 2.05) is 6.07 Å². The molecule has 2 N–H and O–H groups in total. The second-order valence-corrected chi connectivity index (χ2v) is 9.06. The van der Waals surface area contributed by atoms with Gasteiger partial charge in [-0.05, 0) is 48.4 Å². The Morgan fingerprint density at radius 3 is 2.75 bits per heavy atom. The summed E-state index contributed by atoms with van der Waals surface area (Å²) in [5.41, 5.74) is 3.50. The summed E-state index contributed by atoms with van der Waals surface area (Å²) >= 11 is 0. The molecule has 7 nitrogen and oxygen atoms in total. The van der Waals surface area contributed by atoms with E-state index in [1.165, 1.54) is 11.1 Å². The van der Waals surface area contributed by atoms with Crippen LogP contribution in [0.15, 0.2) is 42.6 Å². The number of fused-ring (bicyclic) bond motifs is 1. The van der Waals surface area contributed by atoms with Crippen LogP contribution in [0.1, 0.15) is 41.3 Å². The smallest absolute Gasteiger partial charge is 0.251 e. The summed E-state index contributed by atoms with van der Waals surface area (Å²) in [6.07, 6.45) is 5.44. The predicted molar refractivity (Wildman–Crippen MR) is 125 cm³/mol. The van der Waals surface area contributed by atoms with Crippen LogP contribution in [0.5, 0.6) is 0 Å². The minimum atomic E-state index is -0.0675. The Bertz CT molecular complexity index is 926.